The van der Waals surface area contributed by atoms with Gasteiger partial charge in [-0.25, -0.2) is 0 Å². The molecule has 1 amide bonds. The third-order valence-corrected chi connectivity index (χ3v) is 4.14. The molecule has 0 unspecified atom stereocenters. The monoisotopic (exact) mass is 369 g/mol. The van der Waals surface area contributed by atoms with Crippen LogP contribution in [-0.2, 0) is 0 Å². The van der Waals surface area contributed by atoms with Crippen molar-refractivity contribution in [2.75, 3.05) is 19.6 Å². The SMILES string of the molecule is C[C@@H]1CN(C(=O)c2cc3cc(I)ccc3[nH]2)CCN1. The van der Waals surface area contributed by atoms with Crippen LogP contribution in [0.25, 0.3) is 10.9 Å². The van der Waals surface area contributed by atoms with Gasteiger partial charge in [0.05, 0.1) is 0 Å². The maximum absolute atomic E-state index is 12.5. The van der Waals surface area contributed by atoms with Crippen molar-refractivity contribution in [2.45, 2.75) is 13.0 Å². The van der Waals surface area contributed by atoms with Crippen LogP contribution in [0.5, 0.6) is 0 Å². The van der Waals surface area contributed by atoms with Crippen LogP contribution in [0, 0.1) is 3.57 Å². The van der Waals surface area contributed by atoms with Gasteiger partial charge in [0.25, 0.3) is 5.91 Å². The smallest absolute Gasteiger partial charge is 0.270 e. The molecule has 19 heavy (non-hydrogen) atoms. The molecule has 2 aromatic rings. The van der Waals surface area contributed by atoms with Crippen molar-refractivity contribution < 1.29 is 4.79 Å². The molecular formula is C14H16IN3O. The summed E-state index contributed by atoms with van der Waals surface area (Å²) in [4.78, 5) is 17.6. The Morgan fingerprint density at radius 3 is 3.05 bits per heavy atom. The van der Waals surface area contributed by atoms with Gasteiger partial charge in [-0.2, -0.15) is 0 Å². The lowest BCUT2D eigenvalue weighted by molar-refractivity contribution is 0.0704. The van der Waals surface area contributed by atoms with E-state index < -0.39 is 0 Å². The molecule has 5 heteroatoms. The van der Waals surface area contributed by atoms with Gasteiger partial charge in [0, 0.05) is 40.1 Å². The lowest BCUT2D eigenvalue weighted by atomic mass is 10.2. The number of piperazine rings is 1. The third-order valence-electron chi connectivity index (χ3n) is 3.47. The lowest BCUT2D eigenvalue weighted by Gasteiger charge is -2.31. The van der Waals surface area contributed by atoms with E-state index in [0.717, 1.165) is 30.5 Å². The van der Waals surface area contributed by atoms with Gasteiger partial charge in [0.15, 0.2) is 0 Å². The fourth-order valence-corrected chi connectivity index (χ4v) is 3.02. The van der Waals surface area contributed by atoms with Crippen molar-refractivity contribution in [1.29, 1.82) is 0 Å². The van der Waals surface area contributed by atoms with Gasteiger partial charge in [-0.3, -0.25) is 4.79 Å². The largest absolute Gasteiger partial charge is 0.351 e. The predicted molar refractivity (Wildman–Crippen MR) is 84.4 cm³/mol. The molecule has 100 valence electrons. The number of halogens is 1. The van der Waals surface area contributed by atoms with Crippen LogP contribution in [0.4, 0.5) is 0 Å². The van der Waals surface area contributed by atoms with Crippen LogP contribution in [-0.4, -0.2) is 41.5 Å². The minimum atomic E-state index is 0.0968. The molecule has 1 atom stereocenters. The zero-order chi connectivity index (χ0) is 13.4. The molecule has 0 aliphatic carbocycles. The topological polar surface area (TPSA) is 48.1 Å². The third kappa shape index (κ3) is 2.62. The van der Waals surface area contributed by atoms with Crippen LogP contribution in [0.3, 0.4) is 0 Å². The number of hydrogen-bond acceptors (Lipinski definition) is 2. The number of carbonyl (C=O) groups is 1. The van der Waals surface area contributed by atoms with Crippen LogP contribution < -0.4 is 5.32 Å². The molecule has 1 aromatic heterocycles. The summed E-state index contributed by atoms with van der Waals surface area (Å²) >= 11 is 2.28. The Morgan fingerprint density at radius 1 is 1.42 bits per heavy atom. The summed E-state index contributed by atoms with van der Waals surface area (Å²) in [5.41, 5.74) is 1.71. The molecule has 0 bridgehead atoms. The molecule has 0 spiro atoms. The molecule has 1 aliphatic heterocycles. The number of rotatable bonds is 1. The summed E-state index contributed by atoms with van der Waals surface area (Å²) < 4.78 is 1.18. The minimum Gasteiger partial charge on any atom is -0.351 e. The van der Waals surface area contributed by atoms with Crippen LogP contribution >= 0.6 is 22.6 Å². The molecule has 2 N–H and O–H groups in total. The van der Waals surface area contributed by atoms with Gasteiger partial charge in [0.2, 0.25) is 0 Å². The Labute approximate surface area is 125 Å². The molecule has 1 saturated heterocycles. The molecule has 1 fully saturated rings. The van der Waals surface area contributed by atoms with Crippen molar-refractivity contribution >= 4 is 39.4 Å². The second-order valence-corrected chi connectivity index (χ2v) is 6.27. The van der Waals surface area contributed by atoms with Gasteiger partial charge < -0.3 is 15.2 Å². The first-order valence-corrected chi connectivity index (χ1v) is 7.52. The van der Waals surface area contributed by atoms with Gasteiger partial charge in [-0.15, -0.1) is 0 Å². The fraction of sp³-hybridized carbons (Fsp3) is 0.357. The Balaban J connectivity index is 1.88. The van der Waals surface area contributed by atoms with Crippen molar-refractivity contribution in [1.82, 2.24) is 15.2 Å². The molecule has 0 saturated carbocycles. The second-order valence-electron chi connectivity index (χ2n) is 5.02. The molecular weight excluding hydrogens is 353 g/mol. The predicted octanol–water partition coefficient (Wildman–Crippen LogP) is 2.21. The zero-order valence-electron chi connectivity index (χ0n) is 10.7. The second kappa shape index (κ2) is 5.13. The summed E-state index contributed by atoms with van der Waals surface area (Å²) in [6.07, 6.45) is 0. The zero-order valence-corrected chi connectivity index (χ0v) is 12.9. The highest BCUT2D eigenvalue weighted by molar-refractivity contribution is 14.1. The Morgan fingerprint density at radius 2 is 2.26 bits per heavy atom. The van der Waals surface area contributed by atoms with E-state index >= 15 is 0 Å². The number of aromatic amines is 1. The quantitative estimate of drug-likeness (QED) is 0.758. The Hall–Kier alpha value is -1.08. The lowest BCUT2D eigenvalue weighted by Crippen LogP contribution is -2.51. The van der Waals surface area contributed by atoms with Gasteiger partial charge in [-0.05, 0) is 53.8 Å². The number of fused-ring (bicyclic) bond motifs is 1. The summed E-state index contributed by atoms with van der Waals surface area (Å²) in [5, 5.41) is 4.44. The molecule has 1 aliphatic rings. The van der Waals surface area contributed by atoms with E-state index in [-0.39, 0.29) is 5.91 Å². The van der Waals surface area contributed by atoms with Crippen molar-refractivity contribution in [3.63, 3.8) is 0 Å². The number of nitrogens with one attached hydrogen (secondary N) is 2. The maximum Gasteiger partial charge on any atom is 0.270 e. The first kappa shape index (κ1) is 12.9. The first-order chi connectivity index (χ1) is 9.13. The van der Waals surface area contributed by atoms with Crippen molar-refractivity contribution in [3.05, 3.63) is 33.5 Å². The fourth-order valence-electron chi connectivity index (χ4n) is 2.51. The van der Waals surface area contributed by atoms with E-state index in [1.54, 1.807) is 0 Å². The van der Waals surface area contributed by atoms with Gasteiger partial charge in [0.1, 0.15) is 5.69 Å². The highest BCUT2D eigenvalue weighted by Crippen LogP contribution is 2.19. The molecule has 3 rings (SSSR count). The number of benzene rings is 1. The normalized spacial score (nSPS) is 19.9. The number of nitrogens with zero attached hydrogens (tertiary/aromatic N) is 1. The highest BCUT2D eigenvalue weighted by atomic mass is 127. The van der Waals surface area contributed by atoms with Crippen molar-refractivity contribution in [2.24, 2.45) is 0 Å². The summed E-state index contributed by atoms with van der Waals surface area (Å²) in [6, 6.07) is 8.47. The maximum atomic E-state index is 12.5. The number of H-pyrrole nitrogens is 1. The van der Waals surface area contributed by atoms with Gasteiger partial charge >= 0.3 is 0 Å². The van der Waals surface area contributed by atoms with E-state index in [1.165, 1.54) is 3.57 Å². The number of hydrogen-bond donors (Lipinski definition) is 2. The number of carbonyl (C=O) groups excluding carboxylic acids is 1. The van der Waals surface area contributed by atoms with Gasteiger partial charge in [-0.1, -0.05) is 0 Å². The molecule has 4 nitrogen and oxygen atoms in total. The van der Waals surface area contributed by atoms with E-state index in [0.29, 0.717) is 11.7 Å². The van der Waals surface area contributed by atoms with Crippen molar-refractivity contribution in [3.8, 4) is 0 Å². The Bertz CT molecular complexity index is 622. The average molecular weight is 369 g/mol. The molecule has 2 heterocycles. The average Bonchev–Trinajstić information content (AvgIpc) is 2.80. The van der Waals surface area contributed by atoms with E-state index in [1.807, 2.05) is 23.1 Å². The number of amides is 1. The Kier molecular flexibility index (Phi) is 3.49. The van der Waals surface area contributed by atoms with Crippen LogP contribution in [0.1, 0.15) is 17.4 Å². The van der Waals surface area contributed by atoms with E-state index in [9.17, 15) is 4.79 Å². The number of aromatic nitrogens is 1. The summed E-state index contributed by atoms with van der Waals surface area (Å²) in [7, 11) is 0. The van der Waals surface area contributed by atoms with E-state index in [4.69, 9.17) is 0 Å². The van der Waals surface area contributed by atoms with Crippen LogP contribution in [0.2, 0.25) is 0 Å². The van der Waals surface area contributed by atoms with Crippen LogP contribution in [0.15, 0.2) is 24.3 Å². The molecule has 1 aromatic carbocycles. The summed E-state index contributed by atoms with van der Waals surface area (Å²) in [6.45, 7) is 4.51. The first-order valence-electron chi connectivity index (χ1n) is 6.44. The minimum absolute atomic E-state index is 0.0968. The molecule has 0 radical (unpaired) electrons. The highest BCUT2D eigenvalue weighted by Gasteiger charge is 2.22. The standard InChI is InChI=1S/C14H16IN3O/c1-9-8-18(5-4-16-9)14(19)13-7-10-6-11(15)2-3-12(10)17-13/h2-3,6-7,9,16-17H,4-5,8H2,1H3/t9-/m1/s1. The van der Waals surface area contributed by atoms with E-state index in [2.05, 4.69) is 45.9 Å². The summed E-state index contributed by atoms with van der Waals surface area (Å²) in [5.74, 6) is 0.0968.